The highest BCUT2D eigenvalue weighted by Crippen LogP contribution is 2.33. The Morgan fingerprint density at radius 1 is 1.26 bits per heavy atom. The zero-order chi connectivity index (χ0) is 18.6. The van der Waals surface area contributed by atoms with Crippen LogP contribution in [-0.2, 0) is 6.42 Å². The van der Waals surface area contributed by atoms with E-state index in [0.29, 0.717) is 11.8 Å². The lowest BCUT2D eigenvalue weighted by molar-refractivity contribution is 0.310. The van der Waals surface area contributed by atoms with Gasteiger partial charge in [-0.1, -0.05) is 0 Å². The Bertz CT molecular complexity index is 779. The molecule has 2 aliphatic rings. The SMILES string of the molecule is CNc1ccnc(Nc2cnc(OC)c(CC[C@@H]3CCN(C4CC4)C3)c2)n1. The Balaban J connectivity index is 1.41. The second kappa shape index (κ2) is 8.08. The molecule has 4 rings (SSSR count). The molecular formula is C20H28N6O. The molecule has 0 amide bonds. The highest BCUT2D eigenvalue weighted by molar-refractivity contribution is 5.55. The van der Waals surface area contributed by atoms with Gasteiger partial charge in [-0.3, -0.25) is 0 Å². The molecule has 0 aromatic carbocycles. The van der Waals surface area contributed by atoms with Crippen LogP contribution in [0.3, 0.4) is 0 Å². The molecule has 0 unspecified atom stereocenters. The first-order valence-corrected chi connectivity index (χ1v) is 9.80. The summed E-state index contributed by atoms with van der Waals surface area (Å²) in [6.45, 7) is 2.52. The van der Waals surface area contributed by atoms with Crippen molar-refractivity contribution in [1.29, 1.82) is 0 Å². The summed E-state index contributed by atoms with van der Waals surface area (Å²) >= 11 is 0. The van der Waals surface area contributed by atoms with E-state index in [1.54, 1.807) is 19.5 Å². The van der Waals surface area contributed by atoms with Gasteiger partial charge in [0.25, 0.3) is 0 Å². The molecule has 3 heterocycles. The summed E-state index contributed by atoms with van der Waals surface area (Å²) in [5.41, 5.74) is 2.02. The lowest BCUT2D eigenvalue weighted by Gasteiger charge is -2.15. The summed E-state index contributed by atoms with van der Waals surface area (Å²) in [5.74, 6) is 2.82. The minimum absolute atomic E-state index is 0.552. The van der Waals surface area contributed by atoms with Crippen LogP contribution in [0.1, 0.15) is 31.2 Å². The molecule has 2 aromatic heterocycles. The van der Waals surface area contributed by atoms with Crippen LogP contribution in [0.25, 0.3) is 0 Å². The van der Waals surface area contributed by atoms with Crippen molar-refractivity contribution in [2.45, 2.75) is 38.1 Å². The molecule has 2 aromatic rings. The minimum Gasteiger partial charge on any atom is -0.481 e. The van der Waals surface area contributed by atoms with E-state index in [4.69, 9.17) is 4.74 Å². The first kappa shape index (κ1) is 18.0. The number of likely N-dealkylation sites (tertiary alicyclic amines) is 1. The van der Waals surface area contributed by atoms with Crippen LogP contribution in [0.2, 0.25) is 0 Å². The van der Waals surface area contributed by atoms with Gasteiger partial charge in [0.2, 0.25) is 11.8 Å². The van der Waals surface area contributed by atoms with E-state index < -0.39 is 0 Å². The van der Waals surface area contributed by atoms with E-state index in [2.05, 4.69) is 36.6 Å². The normalized spacial score (nSPS) is 19.9. The number of nitrogens with one attached hydrogen (secondary N) is 2. The average Bonchev–Trinajstić information content (AvgIpc) is 3.45. The van der Waals surface area contributed by atoms with Gasteiger partial charge in [0.05, 0.1) is 19.0 Å². The molecule has 2 fully saturated rings. The lowest BCUT2D eigenvalue weighted by atomic mass is 9.99. The maximum Gasteiger partial charge on any atom is 0.229 e. The van der Waals surface area contributed by atoms with E-state index in [9.17, 15) is 0 Å². The number of aromatic nitrogens is 3. The van der Waals surface area contributed by atoms with Crippen LogP contribution in [0.15, 0.2) is 24.5 Å². The Labute approximate surface area is 160 Å². The van der Waals surface area contributed by atoms with Crippen LogP contribution < -0.4 is 15.4 Å². The molecule has 1 atom stereocenters. The second-order valence-electron chi connectivity index (χ2n) is 7.45. The number of methoxy groups -OCH3 is 1. The van der Waals surface area contributed by atoms with Crippen molar-refractivity contribution < 1.29 is 4.74 Å². The molecule has 144 valence electrons. The molecule has 0 spiro atoms. The third-order valence-electron chi connectivity index (χ3n) is 5.49. The van der Waals surface area contributed by atoms with Crippen LogP contribution in [0.5, 0.6) is 5.88 Å². The average molecular weight is 368 g/mol. The number of pyridine rings is 1. The van der Waals surface area contributed by atoms with Gasteiger partial charge < -0.3 is 20.3 Å². The van der Waals surface area contributed by atoms with Gasteiger partial charge in [-0.2, -0.15) is 4.98 Å². The molecule has 0 bridgehead atoms. The largest absolute Gasteiger partial charge is 0.481 e. The van der Waals surface area contributed by atoms with Crippen molar-refractivity contribution in [2.24, 2.45) is 5.92 Å². The third-order valence-corrected chi connectivity index (χ3v) is 5.49. The number of nitrogens with zero attached hydrogens (tertiary/aromatic N) is 4. The van der Waals surface area contributed by atoms with E-state index >= 15 is 0 Å². The third kappa shape index (κ3) is 4.47. The maximum absolute atomic E-state index is 5.48. The number of ether oxygens (including phenoxy) is 1. The highest BCUT2D eigenvalue weighted by atomic mass is 16.5. The Hall–Kier alpha value is -2.41. The number of hydrogen-bond donors (Lipinski definition) is 2. The quantitative estimate of drug-likeness (QED) is 0.741. The Morgan fingerprint density at radius 2 is 2.15 bits per heavy atom. The molecule has 1 saturated carbocycles. The van der Waals surface area contributed by atoms with Gasteiger partial charge in [-0.15, -0.1) is 0 Å². The van der Waals surface area contributed by atoms with Crippen molar-refractivity contribution in [3.8, 4) is 5.88 Å². The zero-order valence-electron chi connectivity index (χ0n) is 16.1. The van der Waals surface area contributed by atoms with Gasteiger partial charge in [0.15, 0.2) is 0 Å². The summed E-state index contributed by atoms with van der Waals surface area (Å²) in [5, 5.41) is 6.26. The summed E-state index contributed by atoms with van der Waals surface area (Å²) in [7, 11) is 3.52. The highest BCUT2D eigenvalue weighted by Gasteiger charge is 2.34. The monoisotopic (exact) mass is 368 g/mol. The topological polar surface area (TPSA) is 75.2 Å². The Morgan fingerprint density at radius 3 is 2.93 bits per heavy atom. The van der Waals surface area contributed by atoms with Crippen molar-refractivity contribution in [3.05, 3.63) is 30.1 Å². The number of rotatable bonds is 8. The molecule has 27 heavy (non-hydrogen) atoms. The van der Waals surface area contributed by atoms with Crippen LogP contribution in [-0.4, -0.2) is 53.1 Å². The molecule has 7 heteroatoms. The summed E-state index contributed by atoms with van der Waals surface area (Å²) in [4.78, 5) is 15.8. The van der Waals surface area contributed by atoms with Gasteiger partial charge in [-0.25, -0.2) is 9.97 Å². The standard InChI is InChI=1S/C20H28N6O/c1-21-18-7-9-22-20(25-18)24-16-11-15(19(27-2)23-12-16)4-3-14-8-10-26(13-14)17-5-6-17/h7,9,11-12,14,17H,3-6,8,10,13H2,1-2H3,(H2,21,22,24,25)/t14-/m1/s1. The second-order valence-corrected chi connectivity index (χ2v) is 7.45. The molecule has 2 N–H and O–H groups in total. The number of aryl methyl sites for hydroxylation is 1. The fourth-order valence-electron chi connectivity index (χ4n) is 3.85. The zero-order valence-corrected chi connectivity index (χ0v) is 16.1. The number of hydrogen-bond acceptors (Lipinski definition) is 7. The molecule has 1 aliphatic heterocycles. The van der Waals surface area contributed by atoms with Crippen molar-refractivity contribution >= 4 is 17.5 Å². The molecular weight excluding hydrogens is 340 g/mol. The number of anilines is 3. The van der Waals surface area contributed by atoms with Gasteiger partial charge in [-0.05, 0) is 56.7 Å². The lowest BCUT2D eigenvalue weighted by Crippen LogP contribution is -2.22. The summed E-state index contributed by atoms with van der Waals surface area (Å²) < 4.78 is 5.48. The van der Waals surface area contributed by atoms with Gasteiger partial charge in [0, 0.05) is 31.4 Å². The van der Waals surface area contributed by atoms with E-state index in [-0.39, 0.29) is 0 Å². The summed E-state index contributed by atoms with van der Waals surface area (Å²) in [6.07, 6.45) is 9.76. The summed E-state index contributed by atoms with van der Waals surface area (Å²) in [6, 6.07) is 4.82. The van der Waals surface area contributed by atoms with Gasteiger partial charge in [0.1, 0.15) is 5.82 Å². The van der Waals surface area contributed by atoms with Crippen molar-refractivity contribution in [1.82, 2.24) is 19.9 Å². The van der Waals surface area contributed by atoms with Crippen LogP contribution >= 0.6 is 0 Å². The fraction of sp³-hybridized carbons (Fsp3) is 0.550. The van der Waals surface area contributed by atoms with Crippen LogP contribution in [0, 0.1) is 5.92 Å². The molecule has 7 nitrogen and oxygen atoms in total. The molecule has 1 aliphatic carbocycles. The maximum atomic E-state index is 5.48. The predicted molar refractivity (Wildman–Crippen MR) is 107 cm³/mol. The van der Waals surface area contributed by atoms with Crippen molar-refractivity contribution in [3.63, 3.8) is 0 Å². The van der Waals surface area contributed by atoms with Gasteiger partial charge >= 0.3 is 0 Å². The molecule has 0 radical (unpaired) electrons. The minimum atomic E-state index is 0.552. The predicted octanol–water partition coefficient (Wildman–Crippen LogP) is 3.08. The smallest absolute Gasteiger partial charge is 0.229 e. The molecule has 1 saturated heterocycles. The van der Waals surface area contributed by atoms with E-state index in [0.717, 1.165) is 35.4 Å². The first-order chi connectivity index (χ1) is 13.2. The first-order valence-electron chi connectivity index (χ1n) is 9.80. The fourth-order valence-corrected chi connectivity index (χ4v) is 3.85. The van der Waals surface area contributed by atoms with E-state index in [1.165, 1.54) is 38.8 Å². The Kier molecular flexibility index (Phi) is 5.38. The van der Waals surface area contributed by atoms with E-state index in [1.807, 2.05) is 13.1 Å². The van der Waals surface area contributed by atoms with Crippen LogP contribution in [0.4, 0.5) is 17.5 Å². The van der Waals surface area contributed by atoms with Crippen molar-refractivity contribution in [2.75, 3.05) is 37.9 Å².